The molecule has 2 aromatic heterocycles. The van der Waals surface area contributed by atoms with Crippen LogP contribution < -0.4 is 15.3 Å². The minimum atomic E-state index is -4.25. The number of fused-ring (bicyclic) bond motifs is 1. The summed E-state index contributed by atoms with van der Waals surface area (Å²) >= 11 is 0. The van der Waals surface area contributed by atoms with Gasteiger partial charge in [-0.1, -0.05) is 39.0 Å². The maximum Gasteiger partial charge on any atom is 0.459 e. The molecule has 1 saturated heterocycles. The predicted octanol–water partition coefficient (Wildman–Crippen LogP) is 2.81. The van der Waals surface area contributed by atoms with Crippen molar-refractivity contribution in [3.63, 3.8) is 0 Å². The third kappa shape index (κ3) is 5.68. The number of nitriles is 1. The van der Waals surface area contributed by atoms with Crippen LogP contribution in [-0.4, -0.2) is 57.1 Å². The van der Waals surface area contributed by atoms with E-state index in [0.717, 1.165) is 0 Å². The Bertz CT molecular complexity index is 1430. The predicted molar refractivity (Wildman–Crippen MR) is 144 cm³/mol. The number of carbonyl (C=O) groups is 1. The molecule has 4 N–H and O–H groups in total. The van der Waals surface area contributed by atoms with Gasteiger partial charge >= 0.3 is 13.7 Å². The van der Waals surface area contributed by atoms with Crippen molar-refractivity contribution in [2.75, 3.05) is 18.9 Å². The molecule has 0 spiro atoms. The van der Waals surface area contributed by atoms with E-state index in [0.29, 0.717) is 11.2 Å². The number of aromatic nitrogens is 3. The Kier molecular flexibility index (Phi) is 8.77. The largest absolute Gasteiger partial charge is 0.465 e. The standard InChI is InChI=1S/C26H33N6O7P/c1-5-36-25(34)22(16(2)3)31-40(35,39-18-9-7-6-8-10-18)37-13-20-23(33)17(4)26(14-27,38-20)21-12-11-19-24(28)29-15-30-32(19)21/h6-12,15-17,20,22-23,33H,5,13H2,1-4H3,(H,31,35)(H2,28,29,30). The normalized spacial score (nSPS) is 24.9. The molecular formula is C26H33N6O7P. The van der Waals surface area contributed by atoms with Gasteiger partial charge in [0.25, 0.3) is 0 Å². The maximum atomic E-state index is 14.0. The number of ether oxygens (including phenoxy) is 2. The Morgan fingerprint density at radius 3 is 2.70 bits per heavy atom. The summed E-state index contributed by atoms with van der Waals surface area (Å²) in [5, 5.41) is 28.3. The molecule has 214 valence electrons. The van der Waals surface area contributed by atoms with Crippen molar-refractivity contribution in [3.8, 4) is 11.8 Å². The first-order valence-corrected chi connectivity index (χ1v) is 14.4. The average Bonchev–Trinajstić information content (AvgIpc) is 3.47. The highest BCUT2D eigenvalue weighted by Crippen LogP contribution is 2.49. The molecule has 4 rings (SSSR count). The molecule has 6 atom stereocenters. The van der Waals surface area contributed by atoms with E-state index >= 15 is 0 Å². The monoisotopic (exact) mass is 572 g/mol. The van der Waals surface area contributed by atoms with Crippen molar-refractivity contribution in [3.05, 3.63) is 54.5 Å². The summed E-state index contributed by atoms with van der Waals surface area (Å²) < 4.78 is 38.3. The highest BCUT2D eigenvalue weighted by atomic mass is 31.2. The number of rotatable bonds is 11. The van der Waals surface area contributed by atoms with Crippen molar-refractivity contribution in [1.82, 2.24) is 19.7 Å². The number of hydrogen-bond donors (Lipinski definition) is 3. The van der Waals surface area contributed by atoms with E-state index in [4.69, 9.17) is 24.3 Å². The summed E-state index contributed by atoms with van der Waals surface area (Å²) in [4.78, 5) is 16.6. The fourth-order valence-electron chi connectivity index (χ4n) is 4.58. The summed E-state index contributed by atoms with van der Waals surface area (Å²) in [7, 11) is -4.25. The Hall–Kier alpha value is -3.53. The second-order valence-electron chi connectivity index (χ2n) is 9.74. The van der Waals surface area contributed by atoms with Crippen LogP contribution in [0.15, 0.2) is 48.8 Å². The van der Waals surface area contributed by atoms with Crippen LogP contribution in [0.4, 0.5) is 5.82 Å². The van der Waals surface area contributed by atoms with E-state index in [9.17, 15) is 19.7 Å². The molecule has 1 fully saturated rings. The molecule has 0 radical (unpaired) electrons. The van der Waals surface area contributed by atoms with Gasteiger partial charge in [0.05, 0.1) is 25.0 Å². The number of nitrogen functional groups attached to an aromatic ring is 1. The molecule has 0 amide bonds. The molecule has 3 heterocycles. The van der Waals surface area contributed by atoms with Crippen LogP contribution in [0.2, 0.25) is 0 Å². The minimum absolute atomic E-state index is 0.135. The van der Waals surface area contributed by atoms with Crippen LogP contribution >= 0.6 is 7.75 Å². The number of carbonyl (C=O) groups excluding carboxylic acids is 1. The fraction of sp³-hybridized carbons (Fsp3) is 0.462. The van der Waals surface area contributed by atoms with Gasteiger partial charge in [-0.25, -0.2) is 14.1 Å². The van der Waals surface area contributed by atoms with E-state index in [1.54, 1.807) is 70.2 Å². The molecule has 14 heteroatoms. The molecule has 1 aliphatic rings. The number of benzene rings is 1. The first kappa shape index (κ1) is 29.5. The van der Waals surface area contributed by atoms with E-state index in [1.165, 1.54) is 10.8 Å². The van der Waals surface area contributed by atoms with Crippen LogP contribution in [-0.2, 0) is 29.0 Å². The van der Waals surface area contributed by atoms with Crippen LogP contribution in [0.3, 0.4) is 0 Å². The van der Waals surface area contributed by atoms with Crippen LogP contribution in [0, 0.1) is 23.2 Å². The Morgan fingerprint density at radius 1 is 1.32 bits per heavy atom. The number of esters is 1. The van der Waals surface area contributed by atoms with Gasteiger partial charge in [0.2, 0.25) is 5.60 Å². The van der Waals surface area contributed by atoms with Gasteiger partial charge in [-0.2, -0.15) is 15.4 Å². The molecule has 1 aliphatic heterocycles. The smallest absolute Gasteiger partial charge is 0.459 e. The number of anilines is 1. The van der Waals surface area contributed by atoms with Crippen molar-refractivity contribution >= 4 is 25.1 Å². The number of nitrogens with two attached hydrogens (primary N) is 1. The Morgan fingerprint density at radius 2 is 2.05 bits per heavy atom. The van der Waals surface area contributed by atoms with Gasteiger partial charge in [0.15, 0.2) is 5.82 Å². The minimum Gasteiger partial charge on any atom is -0.465 e. The Balaban J connectivity index is 1.61. The molecular weight excluding hydrogens is 539 g/mol. The number of nitrogens with zero attached hydrogens (tertiary/aromatic N) is 4. The molecule has 13 nitrogen and oxygen atoms in total. The van der Waals surface area contributed by atoms with E-state index in [1.807, 2.05) is 0 Å². The highest BCUT2D eigenvalue weighted by Gasteiger charge is 2.56. The lowest BCUT2D eigenvalue weighted by Crippen LogP contribution is -2.42. The average molecular weight is 573 g/mol. The summed E-state index contributed by atoms with van der Waals surface area (Å²) in [6.07, 6.45) is -1.03. The van der Waals surface area contributed by atoms with E-state index in [2.05, 4.69) is 21.2 Å². The van der Waals surface area contributed by atoms with Gasteiger partial charge in [-0.15, -0.1) is 0 Å². The second kappa shape index (κ2) is 11.9. The summed E-state index contributed by atoms with van der Waals surface area (Å²) in [5.41, 5.74) is 5.13. The van der Waals surface area contributed by atoms with Crippen LogP contribution in [0.25, 0.3) is 5.52 Å². The van der Waals surface area contributed by atoms with Crippen molar-refractivity contribution in [2.45, 2.75) is 51.5 Å². The van der Waals surface area contributed by atoms with Crippen molar-refractivity contribution in [2.24, 2.45) is 11.8 Å². The van der Waals surface area contributed by atoms with Gasteiger partial charge < -0.3 is 24.8 Å². The summed E-state index contributed by atoms with van der Waals surface area (Å²) in [5.74, 6) is -1.24. The van der Waals surface area contributed by atoms with Crippen LogP contribution in [0.5, 0.6) is 5.75 Å². The van der Waals surface area contributed by atoms with Crippen LogP contribution in [0.1, 0.15) is 33.4 Å². The third-order valence-corrected chi connectivity index (χ3v) is 8.32. The Labute approximate surface area is 231 Å². The van der Waals surface area contributed by atoms with Gasteiger partial charge in [-0.05, 0) is 37.1 Å². The number of hydrogen-bond acceptors (Lipinski definition) is 11. The maximum absolute atomic E-state index is 14.0. The first-order chi connectivity index (χ1) is 19.0. The van der Waals surface area contributed by atoms with Gasteiger partial charge in [0, 0.05) is 5.92 Å². The number of nitrogens with one attached hydrogen (secondary N) is 1. The molecule has 0 bridgehead atoms. The number of aliphatic hydroxyl groups is 1. The third-order valence-electron chi connectivity index (χ3n) is 6.78. The zero-order valence-electron chi connectivity index (χ0n) is 22.6. The van der Waals surface area contributed by atoms with E-state index < -0.39 is 50.1 Å². The molecule has 1 aromatic carbocycles. The lowest BCUT2D eigenvalue weighted by molar-refractivity contribution is -0.146. The highest BCUT2D eigenvalue weighted by molar-refractivity contribution is 7.52. The zero-order chi connectivity index (χ0) is 29.1. The van der Waals surface area contributed by atoms with Crippen molar-refractivity contribution < 1.29 is 33.0 Å². The topological polar surface area (TPSA) is 183 Å². The lowest BCUT2D eigenvalue weighted by atomic mass is 9.85. The molecule has 3 aromatic rings. The van der Waals surface area contributed by atoms with E-state index in [-0.39, 0.29) is 24.1 Å². The lowest BCUT2D eigenvalue weighted by Gasteiger charge is -2.28. The number of aliphatic hydroxyl groups excluding tert-OH is 1. The second-order valence-corrected chi connectivity index (χ2v) is 11.4. The molecule has 6 unspecified atom stereocenters. The molecule has 40 heavy (non-hydrogen) atoms. The van der Waals surface area contributed by atoms with Crippen molar-refractivity contribution in [1.29, 1.82) is 5.26 Å². The zero-order valence-corrected chi connectivity index (χ0v) is 23.5. The quantitative estimate of drug-likeness (QED) is 0.226. The number of para-hydroxylation sites is 1. The SMILES string of the molecule is CCOC(=O)C(NP(=O)(OCC1OC(C#N)(c2ccc3c(N)ncnn23)C(C)C1O)Oc1ccccc1)C(C)C. The summed E-state index contributed by atoms with van der Waals surface area (Å²) in [6, 6.07) is 12.8. The van der Waals surface area contributed by atoms with Gasteiger partial charge in [-0.3, -0.25) is 9.32 Å². The first-order valence-electron chi connectivity index (χ1n) is 12.8. The molecule has 0 saturated carbocycles. The summed E-state index contributed by atoms with van der Waals surface area (Å²) in [6.45, 7) is 6.54. The van der Waals surface area contributed by atoms with Gasteiger partial charge in [0.1, 0.15) is 35.8 Å². The molecule has 0 aliphatic carbocycles. The fourth-order valence-corrected chi connectivity index (χ4v) is 6.25.